The number of carbonyl (C=O) groups excluding carboxylic acids is 2. The van der Waals surface area contributed by atoms with Gasteiger partial charge in [0.1, 0.15) is 6.04 Å². The fourth-order valence-electron chi connectivity index (χ4n) is 3.16. The summed E-state index contributed by atoms with van der Waals surface area (Å²) in [4.78, 5) is 45.9. The van der Waals surface area contributed by atoms with Crippen LogP contribution in [0.15, 0.2) is 18.2 Å². The van der Waals surface area contributed by atoms with E-state index in [2.05, 4.69) is 5.32 Å². The second-order valence-corrected chi connectivity index (χ2v) is 9.30. The molecule has 208 valence electrons. The molecule has 0 aromatic heterocycles. The van der Waals surface area contributed by atoms with Crippen LogP contribution in [0.2, 0.25) is 0 Å². The maximum absolute atomic E-state index is 13.3. The van der Waals surface area contributed by atoms with E-state index in [1.807, 2.05) is 20.8 Å². The molecule has 4 atom stereocenters. The summed E-state index contributed by atoms with van der Waals surface area (Å²) in [6.45, 7) is 6.46. The SMILES string of the molecule is CC(C)(C)OC[C@@H]1C(=O)NCCN1C(=O)C[C@H](N)Cc1ccc(F)c(F)c1.O=C(O)[C@H](O)[C@@H](O)C(=O)O. The maximum Gasteiger partial charge on any atom is 0.335 e. The Labute approximate surface area is 212 Å². The monoisotopic (exact) mass is 533 g/mol. The third-order valence-electron chi connectivity index (χ3n) is 5.05. The fourth-order valence-corrected chi connectivity index (χ4v) is 3.16. The molecule has 1 aromatic carbocycles. The molecule has 1 saturated heterocycles. The van der Waals surface area contributed by atoms with Crippen molar-refractivity contribution < 1.29 is 53.1 Å². The number of benzene rings is 1. The number of hydrogen-bond donors (Lipinski definition) is 6. The van der Waals surface area contributed by atoms with Gasteiger partial charge in [0.15, 0.2) is 23.8 Å². The average molecular weight is 534 g/mol. The Balaban J connectivity index is 0.000000580. The van der Waals surface area contributed by atoms with Crippen LogP contribution in [0.1, 0.15) is 32.8 Å². The van der Waals surface area contributed by atoms with Gasteiger partial charge in [-0.05, 0) is 44.9 Å². The van der Waals surface area contributed by atoms with Crippen LogP contribution in [0.4, 0.5) is 8.78 Å². The molecule has 0 aliphatic carbocycles. The Morgan fingerprint density at radius 1 is 1.14 bits per heavy atom. The zero-order valence-electron chi connectivity index (χ0n) is 20.7. The number of carboxylic acid groups (broad SMARTS) is 2. The predicted molar refractivity (Wildman–Crippen MR) is 124 cm³/mol. The van der Waals surface area contributed by atoms with Gasteiger partial charge in [0.2, 0.25) is 11.8 Å². The molecule has 2 amide bonds. The van der Waals surface area contributed by atoms with Crippen molar-refractivity contribution in [2.45, 2.75) is 63.5 Å². The molecular formula is C23H33F2N3O9. The van der Waals surface area contributed by atoms with E-state index in [0.717, 1.165) is 12.1 Å². The van der Waals surface area contributed by atoms with E-state index in [9.17, 15) is 28.0 Å². The first-order valence-electron chi connectivity index (χ1n) is 11.3. The first-order valence-corrected chi connectivity index (χ1v) is 11.3. The summed E-state index contributed by atoms with van der Waals surface area (Å²) >= 11 is 0. The molecule has 7 N–H and O–H groups in total. The summed E-state index contributed by atoms with van der Waals surface area (Å²) in [6.07, 6.45) is -4.31. The lowest BCUT2D eigenvalue weighted by Gasteiger charge is -2.36. The molecule has 1 heterocycles. The number of aliphatic hydroxyl groups is 2. The molecule has 0 radical (unpaired) electrons. The minimum Gasteiger partial charge on any atom is -0.479 e. The third-order valence-corrected chi connectivity index (χ3v) is 5.05. The quantitative estimate of drug-likeness (QED) is 0.234. The van der Waals surface area contributed by atoms with E-state index in [-0.39, 0.29) is 31.3 Å². The van der Waals surface area contributed by atoms with Crippen molar-refractivity contribution in [2.75, 3.05) is 19.7 Å². The number of hydrogen-bond acceptors (Lipinski definition) is 8. The summed E-state index contributed by atoms with van der Waals surface area (Å²) in [5, 5.41) is 35.3. The van der Waals surface area contributed by atoms with Crippen molar-refractivity contribution in [1.82, 2.24) is 10.2 Å². The Bertz CT molecular complexity index is 953. The number of halogens is 2. The minimum absolute atomic E-state index is 0.00169. The highest BCUT2D eigenvalue weighted by molar-refractivity contribution is 5.89. The number of aliphatic carboxylic acids is 2. The van der Waals surface area contributed by atoms with Crippen molar-refractivity contribution in [3.63, 3.8) is 0 Å². The van der Waals surface area contributed by atoms with Crippen LogP contribution in [0.25, 0.3) is 0 Å². The number of amides is 2. The van der Waals surface area contributed by atoms with Gasteiger partial charge in [-0.1, -0.05) is 6.07 Å². The van der Waals surface area contributed by atoms with Crippen molar-refractivity contribution in [3.8, 4) is 0 Å². The second kappa shape index (κ2) is 13.9. The van der Waals surface area contributed by atoms with Gasteiger partial charge >= 0.3 is 11.9 Å². The Hall–Kier alpha value is -3.20. The predicted octanol–water partition coefficient (Wildman–Crippen LogP) is -0.756. The maximum atomic E-state index is 13.3. The number of nitrogens with one attached hydrogen (secondary N) is 1. The van der Waals surface area contributed by atoms with Crippen LogP contribution in [-0.2, 0) is 30.3 Å². The average Bonchev–Trinajstić information content (AvgIpc) is 2.79. The second-order valence-electron chi connectivity index (χ2n) is 9.30. The number of rotatable bonds is 9. The zero-order valence-corrected chi connectivity index (χ0v) is 20.7. The van der Waals surface area contributed by atoms with E-state index >= 15 is 0 Å². The molecule has 12 nitrogen and oxygen atoms in total. The van der Waals surface area contributed by atoms with E-state index in [4.69, 9.17) is 30.9 Å². The lowest BCUT2D eigenvalue weighted by molar-refractivity contribution is -0.165. The van der Waals surface area contributed by atoms with E-state index < -0.39 is 53.5 Å². The topological polar surface area (TPSA) is 200 Å². The number of carboxylic acids is 2. The van der Waals surface area contributed by atoms with E-state index in [1.54, 1.807) is 0 Å². The molecule has 2 rings (SSSR count). The van der Waals surface area contributed by atoms with Gasteiger partial charge in [-0.25, -0.2) is 18.4 Å². The molecule has 0 bridgehead atoms. The van der Waals surface area contributed by atoms with Gasteiger partial charge in [-0.15, -0.1) is 0 Å². The summed E-state index contributed by atoms with van der Waals surface area (Å²) in [6, 6.07) is 2.27. The summed E-state index contributed by atoms with van der Waals surface area (Å²) in [5.74, 6) is -5.93. The highest BCUT2D eigenvalue weighted by Crippen LogP contribution is 2.15. The normalized spacial score (nSPS) is 18.1. The molecule has 14 heteroatoms. The highest BCUT2D eigenvalue weighted by Gasteiger charge is 2.34. The lowest BCUT2D eigenvalue weighted by Crippen LogP contribution is -2.59. The van der Waals surface area contributed by atoms with Crippen LogP contribution < -0.4 is 11.1 Å². The van der Waals surface area contributed by atoms with Crippen LogP contribution in [0, 0.1) is 11.6 Å². The van der Waals surface area contributed by atoms with Crippen LogP contribution in [-0.4, -0.2) is 98.7 Å². The van der Waals surface area contributed by atoms with Crippen molar-refractivity contribution in [2.24, 2.45) is 5.73 Å². The van der Waals surface area contributed by atoms with Gasteiger partial charge in [0, 0.05) is 25.6 Å². The van der Waals surface area contributed by atoms with Crippen molar-refractivity contribution >= 4 is 23.8 Å². The Morgan fingerprint density at radius 2 is 1.70 bits per heavy atom. The molecule has 1 fully saturated rings. The van der Waals surface area contributed by atoms with Gasteiger partial charge < -0.3 is 41.1 Å². The largest absolute Gasteiger partial charge is 0.479 e. The molecule has 0 spiro atoms. The molecule has 1 aliphatic heterocycles. The highest BCUT2D eigenvalue weighted by atomic mass is 19.2. The molecular weight excluding hydrogens is 500 g/mol. The number of aliphatic hydroxyl groups excluding tert-OH is 2. The van der Waals surface area contributed by atoms with Crippen LogP contribution in [0.5, 0.6) is 0 Å². The lowest BCUT2D eigenvalue weighted by atomic mass is 10.0. The number of nitrogens with zero attached hydrogens (tertiary/aromatic N) is 1. The van der Waals surface area contributed by atoms with Crippen LogP contribution in [0.3, 0.4) is 0 Å². The first kappa shape index (κ1) is 31.8. The van der Waals surface area contributed by atoms with Gasteiger partial charge in [0.05, 0.1) is 12.2 Å². The summed E-state index contributed by atoms with van der Waals surface area (Å²) in [5.41, 5.74) is 6.11. The number of carbonyl (C=O) groups is 4. The van der Waals surface area contributed by atoms with Gasteiger partial charge in [0.25, 0.3) is 0 Å². The summed E-state index contributed by atoms with van der Waals surface area (Å²) in [7, 11) is 0. The number of ether oxygens (including phenoxy) is 1. The Morgan fingerprint density at radius 3 is 2.19 bits per heavy atom. The molecule has 0 unspecified atom stereocenters. The Kier molecular flexibility index (Phi) is 12.0. The van der Waals surface area contributed by atoms with E-state index in [1.165, 1.54) is 11.0 Å². The molecule has 0 saturated carbocycles. The number of piperazine rings is 1. The van der Waals surface area contributed by atoms with Crippen molar-refractivity contribution in [3.05, 3.63) is 35.4 Å². The molecule has 1 aliphatic rings. The standard InChI is InChI=1S/C19H27F2N3O3.C4H6O6/c1-19(2,3)27-11-16-18(26)23-6-7-24(16)17(25)10-13(22)8-12-4-5-14(20)15(21)9-12;5-1(3(7)8)2(6)4(9)10/h4-5,9,13,16H,6-8,10-11,22H2,1-3H3,(H,23,26);1-2,5-6H,(H,7,8)(H,9,10)/t13-,16-;1-,2-/m11/s1. The van der Waals surface area contributed by atoms with Crippen molar-refractivity contribution in [1.29, 1.82) is 0 Å². The fraction of sp³-hybridized carbons (Fsp3) is 0.565. The molecule has 37 heavy (non-hydrogen) atoms. The van der Waals surface area contributed by atoms with Crippen LogP contribution >= 0.6 is 0 Å². The summed E-state index contributed by atoms with van der Waals surface area (Å²) < 4.78 is 32.0. The number of nitrogens with two attached hydrogens (primary N) is 1. The third kappa shape index (κ3) is 10.8. The van der Waals surface area contributed by atoms with Gasteiger partial charge in [-0.3, -0.25) is 9.59 Å². The first-order chi connectivity index (χ1) is 17.0. The zero-order chi connectivity index (χ0) is 28.5. The van der Waals surface area contributed by atoms with Gasteiger partial charge in [-0.2, -0.15) is 0 Å². The smallest absolute Gasteiger partial charge is 0.335 e. The molecule has 1 aromatic rings. The van der Waals surface area contributed by atoms with E-state index in [0.29, 0.717) is 18.7 Å². The minimum atomic E-state index is -2.27.